The van der Waals surface area contributed by atoms with E-state index in [4.69, 9.17) is 11.6 Å². The summed E-state index contributed by atoms with van der Waals surface area (Å²) in [4.78, 5) is 3.76. The van der Waals surface area contributed by atoms with Crippen molar-refractivity contribution in [1.82, 2.24) is 4.98 Å². The number of hydrogen-bond donors (Lipinski definition) is 1. The zero-order chi connectivity index (χ0) is 14.1. The summed E-state index contributed by atoms with van der Waals surface area (Å²) in [6.07, 6.45) is -1.36. The van der Waals surface area contributed by atoms with Crippen molar-refractivity contribution < 1.29 is 13.2 Å². The van der Waals surface area contributed by atoms with Crippen molar-refractivity contribution in [2.24, 2.45) is 0 Å². The lowest BCUT2D eigenvalue weighted by atomic mass is 10.1. The second-order valence-corrected chi connectivity index (χ2v) is 6.90. The van der Waals surface area contributed by atoms with Gasteiger partial charge in [-0.3, -0.25) is 0 Å². The van der Waals surface area contributed by atoms with Crippen molar-refractivity contribution in [3.63, 3.8) is 0 Å². The lowest BCUT2D eigenvalue weighted by Gasteiger charge is -2.23. The van der Waals surface area contributed by atoms with Crippen molar-refractivity contribution in [3.8, 4) is 0 Å². The number of alkyl halides is 3. The van der Waals surface area contributed by atoms with Gasteiger partial charge in [0, 0.05) is 17.5 Å². The Kier molecular flexibility index (Phi) is 4.20. The van der Waals surface area contributed by atoms with Gasteiger partial charge in [0.1, 0.15) is 5.82 Å². The van der Waals surface area contributed by atoms with Gasteiger partial charge in [0.15, 0.2) is 0 Å². The summed E-state index contributed by atoms with van der Waals surface area (Å²) in [6.45, 7) is 2.78. The molecular weight excluding hydrogens is 297 g/mol. The van der Waals surface area contributed by atoms with Crippen LogP contribution >= 0.6 is 23.4 Å². The Morgan fingerprint density at radius 2 is 2.26 bits per heavy atom. The highest BCUT2D eigenvalue weighted by Crippen LogP contribution is 2.38. The number of nitrogens with zero attached hydrogens (tertiary/aromatic N) is 1. The summed E-state index contributed by atoms with van der Waals surface area (Å²) >= 11 is 7.70. The average molecular weight is 311 g/mol. The lowest BCUT2D eigenvalue weighted by molar-refractivity contribution is -0.137. The Balaban J connectivity index is 2.05. The first-order chi connectivity index (χ1) is 8.80. The third-order valence-corrected chi connectivity index (χ3v) is 4.93. The third kappa shape index (κ3) is 3.69. The molecule has 1 aromatic rings. The van der Waals surface area contributed by atoms with Crippen LogP contribution in [0, 0.1) is 0 Å². The fourth-order valence-corrected chi connectivity index (χ4v) is 3.45. The molecule has 0 radical (unpaired) electrons. The van der Waals surface area contributed by atoms with Crippen molar-refractivity contribution in [3.05, 3.63) is 22.8 Å². The Morgan fingerprint density at radius 1 is 1.53 bits per heavy atom. The molecule has 19 heavy (non-hydrogen) atoms. The number of nitrogens with one attached hydrogen (secondary N) is 1. The predicted molar refractivity (Wildman–Crippen MR) is 72.8 cm³/mol. The molecule has 2 rings (SSSR count). The summed E-state index contributed by atoms with van der Waals surface area (Å²) in [5.74, 6) is 1.43. The summed E-state index contributed by atoms with van der Waals surface area (Å²) < 4.78 is 37.5. The second-order valence-electron chi connectivity index (χ2n) is 4.81. The topological polar surface area (TPSA) is 24.9 Å². The number of hydrogen-bond acceptors (Lipinski definition) is 3. The van der Waals surface area contributed by atoms with E-state index in [1.54, 1.807) is 0 Å². The number of aromatic nitrogens is 1. The molecule has 0 aromatic carbocycles. The third-order valence-electron chi connectivity index (χ3n) is 3.10. The molecule has 1 aliphatic rings. The van der Waals surface area contributed by atoms with Crippen LogP contribution in [0.2, 0.25) is 5.02 Å². The average Bonchev–Trinajstić information content (AvgIpc) is 2.74. The van der Waals surface area contributed by atoms with Gasteiger partial charge in [-0.05, 0) is 31.6 Å². The summed E-state index contributed by atoms with van der Waals surface area (Å²) in [6, 6.07) is 0.904. The van der Waals surface area contributed by atoms with E-state index in [2.05, 4.69) is 17.2 Å². The maximum absolute atomic E-state index is 12.5. The molecule has 1 N–H and O–H groups in total. The second kappa shape index (κ2) is 5.40. The van der Waals surface area contributed by atoms with Gasteiger partial charge in [-0.2, -0.15) is 24.9 Å². The minimum atomic E-state index is -4.41. The van der Waals surface area contributed by atoms with E-state index in [0.717, 1.165) is 30.9 Å². The van der Waals surface area contributed by atoms with Gasteiger partial charge >= 0.3 is 6.18 Å². The van der Waals surface area contributed by atoms with Gasteiger partial charge in [-0.1, -0.05) is 11.6 Å². The van der Waals surface area contributed by atoms with E-state index >= 15 is 0 Å². The molecule has 0 saturated carbocycles. The maximum Gasteiger partial charge on any atom is 0.417 e. The van der Waals surface area contributed by atoms with Crippen LogP contribution in [0.3, 0.4) is 0 Å². The first-order valence-electron chi connectivity index (χ1n) is 5.91. The first-order valence-corrected chi connectivity index (χ1v) is 7.27. The quantitative estimate of drug-likeness (QED) is 0.892. The minimum absolute atomic E-state index is 0.00132. The fraction of sp³-hybridized carbons (Fsp3) is 0.583. The first kappa shape index (κ1) is 14.8. The fourth-order valence-electron chi connectivity index (χ4n) is 1.97. The van der Waals surface area contributed by atoms with E-state index in [1.165, 1.54) is 0 Å². The number of thioether (sulfide) groups is 1. The molecule has 0 aliphatic carbocycles. The Morgan fingerprint density at radius 3 is 2.79 bits per heavy atom. The molecule has 1 fully saturated rings. The van der Waals surface area contributed by atoms with Crippen molar-refractivity contribution >= 4 is 29.2 Å². The number of anilines is 1. The lowest BCUT2D eigenvalue weighted by Crippen LogP contribution is -2.27. The summed E-state index contributed by atoms with van der Waals surface area (Å²) in [5, 5.41) is 3.04. The maximum atomic E-state index is 12.5. The van der Waals surface area contributed by atoms with Gasteiger partial charge in [0.25, 0.3) is 0 Å². The van der Waals surface area contributed by atoms with Crippen LogP contribution < -0.4 is 5.32 Å². The van der Waals surface area contributed by atoms with Gasteiger partial charge in [-0.15, -0.1) is 0 Å². The number of pyridine rings is 1. The normalized spacial score (nSPS) is 23.6. The smallest absolute Gasteiger partial charge is 0.367 e. The summed E-state index contributed by atoms with van der Waals surface area (Å²) in [5.41, 5.74) is -0.829. The van der Waals surface area contributed by atoms with E-state index < -0.39 is 11.7 Å². The van der Waals surface area contributed by atoms with Crippen LogP contribution in [0.15, 0.2) is 12.3 Å². The molecule has 0 amide bonds. The largest absolute Gasteiger partial charge is 0.417 e. The Bertz CT molecular complexity index is 459. The zero-order valence-corrected chi connectivity index (χ0v) is 11.9. The molecule has 1 atom stereocenters. The highest BCUT2D eigenvalue weighted by Gasteiger charge is 2.32. The Hall–Kier alpha value is -0.620. The molecule has 7 heteroatoms. The molecule has 1 aliphatic heterocycles. The van der Waals surface area contributed by atoms with Crippen LogP contribution in [0.1, 0.15) is 25.3 Å². The zero-order valence-electron chi connectivity index (χ0n) is 10.4. The van der Waals surface area contributed by atoms with E-state index in [-0.39, 0.29) is 9.77 Å². The van der Waals surface area contributed by atoms with Crippen LogP contribution in [0.4, 0.5) is 19.0 Å². The molecule has 106 valence electrons. The molecule has 0 bridgehead atoms. The van der Waals surface area contributed by atoms with Gasteiger partial charge in [0.05, 0.1) is 10.6 Å². The van der Waals surface area contributed by atoms with Crippen molar-refractivity contribution in [2.75, 3.05) is 17.6 Å². The highest BCUT2D eigenvalue weighted by atomic mass is 35.5. The monoisotopic (exact) mass is 310 g/mol. The molecular formula is C12H14ClF3N2S. The number of rotatable bonds is 3. The van der Waals surface area contributed by atoms with E-state index in [0.29, 0.717) is 12.4 Å². The highest BCUT2D eigenvalue weighted by molar-refractivity contribution is 8.00. The molecule has 1 saturated heterocycles. The predicted octanol–water partition coefficient (Wildman–Crippen LogP) is 4.45. The van der Waals surface area contributed by atoms with Crippen LogP contribution in [0.25, 0.3) is 0 Å². The van der Waals surface area contributed by atoms with Gasteiger partial charge in [-0.25, -0.2) is 4.98 Å². The van der Waals surface area contributed by atoms with E-state index in [1.807, 2.05) is 11.8 Å². The van der Waals surface area contributed by atoms with Crippen LogP contribution in [-0.2, 0) is 6.18 Å². The van der Waals surface area contributed by atoms with Crippen LogP contribution in [0.5, 0.6) is 0 Å². The molecule has 2 heterocycles. The van der Waals surface area contributed by atoms with Crippen molar-refractivity contribution in [1.29, 1.82) is 0 Å². The van der Waals surface area contributed by atoms with Crippen molar-refractivity contribution in [2.45, 2.75) is 30.7 Å². The summed E-state index contributed by atoms with van der Waals surface area (Å²) in [7, 11) is 0. The standard InChI is InChI=1S/C12H14ClF3N2S/c1-11(3-2-4-19-11)7-18-10-9(13)5-8(6-17-10)12(14,15)16/h5-6H,2-4,7H2,1H3,(H,17,18). The Labute approximate surface area is 119 Å². The molecule has 0 spiro atoms. The number of halogens is 4. The minimum Gasteiger partial charge on any atom is -0.367 e. The molecule has 2 nitrogen and oxygen atoms in total. The van der Waals surface area contributed by atoms with E-state index in [9.17, 15) is 13.2 Å². The molecule has 1 unspecified atom stereocenters. The van der Waals surface area contributed by atoms with Gasteiger partial charge in [0.2, 0.25) is 0 Å². The SMILES string of the molecule is CC1(CNc2ncc(C(F)(F)F)cc2Cl)CCCS1. The van der Waals surface area contributed by atoms with Crippen LogP contribution in [-0.4, -0.2) is 22.0 Å². The van der Waals surface area contributed by atoms with Gasteiger partial charge < -0.3 is 5.32 Å². The molecule has 1 aromatic heterocycles.